The SMILES string of the molecule is CCC(CC)CC(N)c1cncnc1. The van der Waals surface area contributed by atoms with Gasteiger partial charge in [-0.1, -0.05) is 26.7 Å². The number of aromatic nitrogens is 2. The molecule has 0 aliphatic rings. The monoisotopic (exact) mass is 193 g/mol. The molecule has 1 rings (SSSR count). The van der Waals surface area contributed by atoms with Crippen molar-refractivity contribution in [3.05, 3.63) is 24.3 Å². The Balaban J connectivity index is 2.54. The largest absolute Gasteiger partial charge is 0.324 e. The van der Waals surface area contributed by atoms with Gasteiger partial charge in [0.1, 0.15) is 6.33 Å². The number of hydrogen-bond acceptors (Lipinski definition) is 3. The minimum absolute atomic E-state index is 0.0844. The molecule has 0 saturated carbocycles. The topological polar surface area (TPSA) is 51.8 Å². The van der Waals surface area contributed by atoms with Gasteiger partial charge in [0.2, 0.25) is 0 Å². The predicted molar refractivity (Wildman–Crippen MR) is 57.6 cm³/mol. The average Bonchev–Trinajstić information content (AvgIpc) is 2.26. The zero-order valence-electron chi connectivity index (χ0n) is 8.98. The Kier molecular flexibility index (Phi) is 4.53. The van der Waals surface area contributed by atoms with Crippen LogP contribution in [0.4, 0.5) is 0 Å². The first kappa shape index (κ1) is 11.1. The average molecular weight is 193 g/mol. The lowest BCUT2D eigenvalue weighted by molar-refractivity contribution is 0.414. The molecular weight excluding hydrogens is 174 g/mol. The Bertz CT molecular complexity index is 244. The molecule has 0 fully saturated rings. The fraction of sp³-hybridized carbons (Fsp3) is 0.636. The normalized spacial score (nSPS) is 13.1. The van der Waals surface area contributed by atoms with E-state index in [2.05, 4.69) is 23.8 Å². The molecule has 0 saturated heterocycles. The maximum Gasteiger partial charge on any atom is 0.115 e. The van der Waals surface area contributed by atoms with Crippen LogP contribution in [0.5, 0.6) is 0 Å². The van der Waals surface area contributed by atoms with Gasteiger partial charge in [0, 0.05) is 24.0 Å². The molecule has 0 spiro atoms. The Morgan fingerprint density at radius 2 is 1.79 bits per heavy atom. The Morgan fingerprint density at radius 1 is 1.21 bits per heavy atom. The van der Waals surface area contributed by atoms with Gasteiger partial charge in [-0.2, -0.15) is 0 Å². The van der Waals surface area contributed by atoms with Crippen LogP contribution in [0.15, 0.2) is 18.7 Å². The van der Waals surface area contributed by atoms with Crippen LogP contribution in [0.25, 0.3) is 0 Å². The third-order valence-corrected chi connectivity index (χ3v) is 2.75. The van der Waals surface area contributed by atoms with E-state index in [9.17, 15) is 0 Å². The van der Waals surface area contributed by atoms with Crippen LogP contribution in [0.2, 0.25) is 0 Å². The summed E-state index contributed by atoms with van der Waals surface area (Å²) in [6, 6.07) is 0.0844. The third-order valence-electron chi connectivity index (χ3n) is 2.75. The van der Waals surface area contributed by atoms with Gasteiger partial charge in [0.25, 0.3) is 0 Å². The van der Waals surface area contributed by atoms with Gasteiger partial charge in [-0.15, -0.1) is 0 Å². The fourth-order valence-electron chi connectivity index (χ4n) is 1.62. The van der Waals surface area contributed by atoms with Gasteiger partial charge in [-0.05, 0) is 12.3 Å². The van der Waals surface area contributed by atoms with Gasteiger partial charge in [-0.25, -0.2) is 9.97 Å². The van der Waals surface area contributed by atoms with Gasteiger partial charge in [0.15, 0.2) is 0 Å². The van der Waals surface area contributed by atoms with Crippen LogP contribution in [0, 0.1) is 5.92 Å². The molecule has 3 nitrogen and oxygen atoms in total. The van der Waals surface area contributed by atoms with E-state index >= 15 is 0 Å². The summed E-state index contributed by atoms with van der Waals surface area (Å²) in [5.74, 6) is 0.713. The van der Waals surface area contributed by atoms with E-state index in [1.807, 2.05) is 0 Å². The van der Waals surface area contributed by atoms with Crippen molar-refractivity contribution in [1.82, 2.24) is 9.97 Å². The first-order chi connectivity index (χ1) is 6.77. The molecule has 0 amide bonds. The molecule has 2 N–H and O–H groups in total. The first-order valence-electron chi connectivity index (χ1n) is 5.28. The quantitative estimate of drug-likeness (QED) is 0.780. The number of nitrogens with zero attached hydrogens (tertiary/aromatic N) is 2. The van der Waals surface area contributed by atoms with Crippen LogP contribution >= 0.6 is 0 Å². The molecule has 0 aliphatic carbocycles. The first-order valence-corrected chi connectivity index (χ1v) is 5.28. The molecule has 0 bridgehead atoms. The molecule has 1 heterocycles. The highest BCUT2D eigenvalue weighted by Crippen LogP contribution is 2.21. The molecule has 3 heteroatoms. The summed E-state index contributed by atoms with van der Waals surface area (Å²) in [6.07, 6.45) is 8.56. The second-order valence-corrected chi connectivity index (χ2v) is 3.70. The maximum atomic E-state index is 6.07. The van der Waals surface area contributed by atoms with Crippen LogP contribution in [-0.2, 0) is 0 Å². The lowest BCUT2D eigenvalue weighted by Gasteiger charge is -2.17. The number of rotatable bonds is 5. The molecule has 1 aromatic heterocycles. The van der Waals surface area contributed by atoms with Crippen LogP contribution in [0.1, 0.15) is 44.7 Å². The fourth-order valence-corrected chi connectivity index (χ4v) is 1.62. The summed E-state index contributed by atoms with van der Waals surface area (Å²) < 4.78 is 0. The minimum atomic E-state index is 0.0844. The maximum absolute atomic E-state index is 6.07. The second kappa shape index (κ2) is 5.70. The molecule has 1 unspecified atom stereocenters. The van der Waals surface area contributed by atoms with Crippen molar-refractivity contribution in [3.8, 4) is 0 Å². The van der Waals surface area contributed by atoms with Crippen LogP contribution in [-0.4, -0.2) is 9.97 Å². The summed E-state index contributed by atoms with van der Waals surface area (Å²) in [6.45, 7) is 4.42. The molecule has 1 aromatic rings. The minimum Gasteiger partial charge on any atom is -0.324 e. The summed E-state index contributed by atoms with van der Waals surface area (Å²) >= 11 is 0. The highest BCUT2D eigenvalue weighted by molar-refractivity contribution is 5.08. The Morgan fingerprint density at radius 3 is 2.29 bits per heavy atom. The van der Waals surface area contributed by atoms with Crippen LogP contribution in [0.3, 0.4) is 0 Å². The number of nitrogens with two attached hydrogens (primary N) is 1. The lowest BCUT2D eigenvalue weighted by Crippen LogP contribution is -2.15. The summed E-state index contributed by atoms with van der Waals surface area (Å²) in [7, 11) is 0. The lowest BCUT2D eigenvalue weighted by atomic mass is 9.93. The van der Waals surface area contributed by atoms with E-state index in [1.54, 1.807) is 12.4 Å². The second-order valence-electron chi connectivity index (χ2n) is 3.70. The van der Waals surface area contributed by atoms with E-state index in [0.29, 0.717) is 5.92 Å². The Labute approximate surface area is 85.8 Å². The van der Waals surface area contributed by atoms with E-state index < -0.39 is 0 Å². The molecule has 0 aromatic carbocycles. The highest BCUT2D eigenvalue weighted by atomic mass is 14.8. The van der Waals surface area contributed by atoms with Gasteiger partial charge >= 0.3 is 0 Å². The van der Waals surface area contributed by atoms with Crippen LogP contribution < -0.4 is 5.73 Å². The summed E-state index contributed by atoms with van der Waals surface area (Å²) in [5.41, 5.74) is 7.11. The molecule has 1 atom stereocenters. The summed E-state index contributed by atoms with van der Waals surface area (Å²) in [5, 5.41) is 0. The van der Waals surface area contributed by atoms with Gasteiger partial charge in [-0.3, -0.25) is 0 Å². The van der Waals surface area contributed by atoms with E-state index in [0.717, 1.165) is 12.0 Å². The van der Waals surface area contributed by atoms with Crippen molar-refractivity contribution >= 4 is 0 Å². The Hall–Kier alpha value is -0.960. The molecule has 14 heavy (non-hydrogen) atoms. The van der Waals surface area contributed by atoms with E-state index in [4.69, 9.17) is 5.73 Å². The zero-order valence-corrected chi connectivity index (χ0v) is 8.98. The van der Waals surface area contributed by atoms with Crippen molar-refractivity contribution in [2.45, 2.75) is 39.2 Å². The van der Waals surface area contributed by atoms with E-state index in [1.165, 1.54) is 19.2 Å². The third kappa shape index (κ3) is 3.07. The smallest absolute Gasteiger partial charge is 0.115 e. The van der Waals surface area contributed by atoms with Crippen molar-refractivity contribution in [3.63, 3.8) is 0 Å². The van der Waals surface area contributed by atoms with Crippen molar-refractivity contribution in [2.24, 2.45) is 11.7 Å². The van der Waals surface area contributed by atoms with Crippen molar-refractivity contribution in [2.75, 3.05) is 0 Å². The summed E-state index contributed by atoms with van der Waals surface area (Å²) in [4.78, 5) is 7.95. The molecule has 78 valence electrons. The van der Waals surface area contributed by atoms with Gasteiger partial charge < -0.3 is 5.73 Å². The standard InChI is InChI=1S/C11H19N3/c1-3-9(4-2)5-11(12)10-6-13-8-14-7-10/h6-9,11H,3-5,12H2,1-2H3. The molecule has 0 aliphatic heterocycles. The molecular formula is C11H19N3. The predicted octanol–water partition coefficient (Wildman–Crippen LogP) is 2.30. The van der Waals surface area contributed by atoms with E-state index in [-0.39, 0.29) is 6.04 Å². The number of hydrogen-bond donors (Lipinski definition) is 1. The zero-order chi connectivity index (χ0) is 10.4. The van der Waals surface area contributed by atoms with Crippen molar-refractivity contribution in [1.29, 1.82) is 0 Å². The van der Waals surface area contributed by atoms with Crippen molar-refractivity contribution < 1.29 is 0 Å². The highest BCUT2D eigenvalue weighted by Gasteiger charge is 2.12. The molecule has 0 radical (unpaired) electrons. The van der Waals surface area contributed by atoms with Gasteiger partial charge in [0.05, 0.1) is 0 Å².